The van der Waals surface area contributed by atoms with E-state index < -0.39 is 0 Å². The average Bonchev–Trinajstić information content (AvgIpc) is 3.20. The Balaban J connectivity index is 0.00000337. The number of ether oxygens (including phenoxy) is 2. The van der Waals surface area contributed by atoms with Crippen LogP contribution >= 0.6 is 17.0 Å². The van der Waals surface area contributed by atoms with Gasteiger partial charge >= 0.3 is 11.9 Å². The lowest BCUT2D eigenvalue weighted by Crippen LogP contribution is -2.61. The van der Waals surface area contributed by atoms with Crippen molar-refractivity contribution in [3.8, 4) is 0 Å². The van der Waals surface area contributed by atoms with Gasteiger partial charge in [0.15, 0.2) is 0 Å². The summed E-state index contributed by atoms with van der Waals surface area (Å²) in [5.41, 5.74) is 0.391. The Bertz CT molecular complexity index is 936. The second-order valence-electron chi connectivity index (χ2n) is 15.3. The van der Waals surface area contributed by atoms with Gasteiger partial charge in [0.2, 0.25) is 0 Å². The quantitative estimate of drug-likeness (QED) is 0.315. The molecule has 6 rings (SSSR count). The summed E-state index contributed by atoms with van der Waals surface area (Å²) in [4.78, 5) is 29.9. The van der Waals surface area contributed by atoms with Crippen LogP contribution in [-0.4, -0.2) is 72.7 Å². The molecule has 0 aromatic heterocycles. The number of hydrogen-bond donors (Lipinski definition) is 0. The summed E-state index contributed by atoms with van der Waals surface area (Å²) in [5, 5.41) is 0. The number of carbonyl (C=O) groups excluding carboxylic acids is 2. The first-order valence-corrected chi connectivity index (χ1v) is 17.0. The van der Waals surface area contributed by atoms with Crippen LogP contribution in [0.1, 0.15) is 111 Å². The van der Waals surface area contributed by atoms with Crippen LogP contribution < -0.4 is 0 Å². The fraction of sp³-hybridized carbons (Fsp3) is 0.941. The van der Waals surface area contributed by atoms with Crippen molar-refractivity contribution in [1.29, 1.82) is 0 Å². The highest BCUT2D eigenvalue weighted by atomic mass is 79.9. The van der Waals surface area contributed by atoms with Gasteiger partial charge in [-0.25, -0.2) is 0 Å². The van der Waals surface area contributed by atoms with Crippen LogP contribution in [0.2, 0.25) is 0 Å². The molecule has 0 bridgehead atoms. The van der Waals surface area contributed by atoms with Gasteiger partial charge in [0.25, 0.3) is 0 Å². The maximum atomic E-state index is 12.4. The van der Waals surface area contributed by atoms with Gasteiger partial charge < -0.3 is 14.4 Å². The second-order valence-corrected chi connectivity index (χ2v) is 15.3. The molecule has 4 saturated carbocycles. The Morgan fingerprint density at radius 2 is 1.44 bits per heavy atom. The predicted molar refractivity (Wildman–Crippen MR) is 167 cm³/mol. The molecule has 6 nitrogen and oxygen atoms in total. The first kappa shape index (κ1) is 31.8. The molecule has 234 valence electrons. The van der Waals surface area contributed by atoms with Gasteiger partial charge in [-0.2, -0.15) is 0 Å². The zero-order chi connectivity index (χ0) is 28.1. The van der Waals surface area contributed by atoms with E-state index in [1.54, 1.807) is 13.8 Å². The number of rotatable bonds is 5. The van der Waals surface area contributed by atoms with Crippen LogP contribution in [0.25, 0.3) is 0 Å². The molecule has 10 atom stereocenters. The summed E-state index contributed by atoms with van der Waals surface area (Å²) < 4.78 is 12.4. The highest BCUT2D eigenvalue weighted by Gasteiger charge is 2.64. The third-order valence-corrected chi connectivity index (χ3v) is 13.1. The van der Waals surface area contributed by atoms with Crippen molar-refractivity contribution >= 4 is 28.9 Å². The largest absolute Gasteiger partial charge is 0.462 e. The molecule has 41 heavy (non-hydrogen) atoms. The van der Waals surface area contributed by atoms with E-state index in [1.807, 2.05) is 0 Å². The van der Waals surface area contributed by atoms with Crippen LogP contribution in [0.15, 0.2) is 0 Å². The number of halogens is 1. The minimum absolute atomic E-state index is 0. The highest BCUT2D eigenvalue weighted by Crippen LogP contribution is 2.67. The van der Waals surface area contributed by atoms with E-state index in [0.717, 1.165) is 37.9 Å². The molecule has 0 radical (unpaired) electrons. The second kappa shape index (κ2) is 12.8. The van der Waals surface area contributed by atoms with Gasteiger partial charge in [-0.15, -0.1) is 17.0 Å². The Kier molecular flexibility index (Phi) is 9.88. The van der Waals surface area contributed by atoms with Gasteiger partial charge in [-0.1, -0.05) is 26.7 Å². The van der Waals surface area contributed by atoms with Gasteiger partial charge in [0.05, 0.1) is 0 Å². The summed E-state index contributed by atoms with van der Waals surface area (Å²) in [6.45, 7) is 14.1. The lowest BCUT2D eigenvalue weighted by Gasteiger charge is -2.62. The van der Waals surface area contributed by atoms with Gasteiger partial charge in [-0.05, 0) is 126 Å². The van der Waals surface area contributed by atoms with Crippen molar-refractivity contribution in [2.45, 2.75) is 129 Å². The number of fused-ring (bicyclic) bond motifs is 5. The maximum absolute atomic E-state index is 12.4. The van der Waals surface area contributed by atoms with Crippen molar-refractivity contribution in [3.63, 3.8) is 0 Å². The van der Waals surface area contributed by atoms with Crippen LogP contribution in [0, 0.1) is 40.4 Å². The number of likely N-dealkylation sites (tertiary alicyclic amines) is 2. The van der Waals surface area contributed by atoms with Gasteiger partial charge in [-0.3, -0.25) is 14.5 Å². The fourth-order valence-electron chi connectivity index (χ4n) is 11.4. The molecule has 0 aromatic carbocycles. The molecule has 6 aliphatic rings. The van der Waals surface area contributed by atoms with Crippen LogP contribution in [-0.2, 0) is 19.1 Å². The lowest BCUT2D eigenvalue weighted by atomic mass is 9.44. The van der Waals surface area contributed by atoms with Crippen molar-refractivity contribution in [1.82, 2.24) is 9.80 Å². The highest BCUT2D eigenvalue weighted by molar-refractivity contribution is 8.93. The van der Waals surface area contributed by atoms with Crippen LogP contribution in [0.3, 0.4) is 0 Å². The summed E-state index contributed by atoms with van der Waals surface area (Å²) in [6.07, 6.45) is 16.4. The van der Waals surface area contributed by atoms with Crippen molar-refractivity contribution in [2.75, 3.05) is 32.7 Å². The van der Waals surface area contributed by atoms with Crippen molar-refractivity contribution < 1.29 is 19.1 Å². The summed E-state index contributed by atoms with van der Waals surface area (Å²) in [7, 11) is 0. The van der Waals surface area contributed by atoms with Crippen LogP contribution in [0.5, 0.6) is 0 Å². The molecule has 0 N–H and O–H groups in total. The van der Waals surface area contributed by atoms with E-state index in [2.05, 4.69) is 23.6 Å². The monoisotopic (exact) mass is 636 g/mol. The maximum Gasteiger partial charge on any atom is 0.302 e. The molecule has 2 aliphatic heterocycles. The predicted octanol–water partition coefficient (Wildman–Crippen LogP) is 6.65. The number of carbonyl (C=O) groups is 2. The molecule has 2 saturated heterocycles. The summed E-state index contributed by atoms with van der Waals surface area (Å²) in [6, 6.07) is 0.363. The SMILES string of the molecule is Br.CC(=O)OC1CC2CC[C@@H]3[C@@H](CC[C@]4(C)C(OC(C)=O)C(CN5CCCCC5)C[C@@H]34)[C@@]2(C)CC1N1CCCCC1. The minimum Gasteiger partial charge on any atom is -0.462 e. The molecule has 6 fully saturated rings. The molecule has 0 spiro atoms. The number of nitrogens with zero attached hydrogens (tertiary/aromatic N) is 2. The van der Waals surface area contributed by atoms with E-state index in [-0.39, 0.29) is 46.5 Å². The first-order chi connectivity index (χ1) is 19.2. The Labute approximate surface area is 259 Å². The molecular formula is C34H57BrN2O4. The number of piperidine rings is 2. The van der Waals surface area contributed by atoms with Crippen molar-refractivity contribution in [2.24, 2.45) is 40.4 Å². The summed E-state index contributed by atoms with van der Waals surface area (Å²) >= 11 is 0. The fourth-order valence-corrected chi connectivity index (χ4v) is 11.4. The lowest BCUT2D eigenvalue weighted by molar-refractivity contribution is -0.180. The normalized spacial score (nSPS) is 45.0. The Morgan fingerprint density at radius 1 is 0.780 bits per heavy atom. The Morgan fingerprint density at radius 3 is 2.10 bits per heavy atom. The zero-order valence-corrected chi connectivity index (χ0v) is 28.0. The van der Waals surface area contributed by atoms with E-state index in [1.165, 1.54) is 90.1 Å². The van der Waals surface area contributed by atoms with E-state index >= 15 is 0 Å². The average molecular weight is 638 g/mol. The van der Waals surface area contributed by atoms with Gasteiger partial charge in [0.1, 0.15) is 12.2 Å². The number of esters is 2. The third kappa shape index (κ3) is 6.03. The van der Waals surface area contributed by atoms with E-state index in [9.17, 15) is 9.59 Å². The standard InChI is InChI=1S/C34H56N2O4.BrH/c1-23(37)39-31-20-26-11-12-27-28(34(26,4)21-30(31)36-17-9-6-10-18-36)13-14-33(3)29(27)19-25(32(33)40-24(2)38)22-35-15-7-5-8-16-35;/h25-32H,5-22H2,1-4H3;1H/t25?,26?,27-,28-,29+,30?,31?,32?,33+,34+;/m1./s1. The third-order valence-electron chi connectivity index (χ3n) is 13.1. The van der Waals surface area contributed by atoms with Crippen molar-refractivity contribution in [3.05, 3.63) is 0 Å². The topological polar surface area (TPSA) is 59.1 Å². The Hall–Kier alpha value is -0.660. The van der Waals surface area contributed by atoms with E-state index in [0.29, 0.717) is 29.2 Å². The minimum atomic E-state index is -0.111. The summed E-state index contributed by atoms with van der Waals surface area (Å²) in [5.74, 6) is 2.97. The molecule has 2 heterocycles. The van der Waals surface area contributed by atoms with Gasteiger partial charge in [0, 0.05) is 37.8 Å². The number of hydrogen-bond acceptors (Lipinski definition) is 6. The first-order valence-electron chi connectivity index (χ1n) is 17.0. The van der Waals surface area contributed by atoms with E-state index in [4.69, 9.17) is 9.47 Å². The molecular weight excluding hydrogens is 580 g/mol. The smallest absolute Gasteiger partial charge is 0.302 e. The zero-order valence-electron chi connectivity index (χ0n) is 26.3. The molecule has 7 heteroatoms. The molecule has 4 aliphatic carbocycles. The molecule has 0 amide bonds. The molecule has 5 unspecified atom stereocenters. The van der Waals surface area contributed by atoms with Crippen LogP contribution in [0.4, 0.5) is 0 Å². The molecule has 0 aromatic rings.